The third-order valence-electron chi connectivity index (χ3n) is 1.78. The van der Waals surface area contributed by atoms with E-state index >= 15 is 0 Å². The second-order valence-corrected chi connectivity index (χ2v) is 3.87. The summed E-state index contributed by atoms with van der Waals surface area (Å²) in [5, 5.41) is 0.105. The highest BCUT2D eigenvalue weighted by Gasteiger charge is 2.04. The standard InChI is InChI=1S/C9H5BrClFN2/c10-9-13-4-8(14-9)5-1-2-7(12)6(11)3-5/h1-4H,(H,13,14). The molecule has 5 heteroatoms. The molecule has 0 spiro atoms. The lowest BCUT2D eigenvalue weighted by Crippen LogP contribution is -1.80. The number of nitrogens with one attached hydrogen (secondary N) is 1. The minimum Gasteiger partial charge on any atom is -0.333 e. The molecule has 0 saturated heterocycles. The van der Waals surface area contributed by atoms with Crippen molar-refractivity contribution in [3.8, 4) is 11.3 Å². The largest absolute Gasteiger partial charge is 0.333 e. The summed E-state index contributed by atoms with van der Waals surface area (Å²) in [5.74, 6) is -0.422. The number of benzene rings is 1. The number of nitrogens with zero attached hydrogens (tertiary/aromatic N) is 1. The topological polar surface area (TPSA) is 28.7 Å². The van der Waals surface area contributed by atoms with Crippen LogP contribution in [0.1, 0.15) is 0 Å². The van der Waals surface area contributed by atoms with E-state index in [0.29, 0.717) is 4.73 Å². The molecular formula is C9H5BrClFN2. The first-order valence-corrected chi connectivity index (χ1v) is 5.00. The lowest BCUT2D eigenvalue weighted by molar-refractivity contribution is 0.628. The van der Waals surface area contributed by atoms with Crippen molar-refractivity contribution in [2.75, 3.05) is 0 Å². The summed E-state index contributed by atoms with van der Waals surface area (Å²) in [6, 6.07) is 4.52. The monoisotopic (exact) mass is 274 g/mol. The maximum Gasteiger partial charge on any atom is 0.174 e. The molecule has 72 valence electrons. The van der Waals surface area contributed by atoms with E-state index in [1.54, 1.807) is 18.3 Å². The fraction of sp³-hybridized carbons (Fsp3) is 0. The van der Waals surface area contributed by atoms with Crippen molar-refractivity contribution in [3.05, 3.63) is 40.0 Å². The Labute approximate surface area is 93.3 Å². The second-order valence-electron chi connectivity index (χ2n) is 2.72. The molecule has 2 aromatic rings. The third-order valence-corrected chi connectivity index (χ3v) is 2.47. The van der Waals surface area contributed by atoms with Crippen molar-refractivity contribution in [2.45, 2.75) is 0 Å². The summed E-state index contributed by atoms with van der Waals surface area (Å²) in [4.78, 5) is 6.93. The molecule has 0 aliphatic heterocycles. The number of hydrogen-bond acceptors (Lipinski definition) is 1. The average molecular weight is 276 g/mol. The van der Waals surface area contributed by atoms with Crippen molar-refractivity contribution in [2.24, 2.45) is 0 Å². The predicted octanol–water partition coefficient (Wildman–Crippen LogP) is 3.63. The number of rotatable bonds is 1. The molecule has 2 nitrogen and oxygen atoms in total. The van der Waals surface area contributed by atoms with Gasteiger partial charge in [0.15, 0.2) is 4.73 Å². The van der Waals surface area contributed by atoms with Gasteiger partial charge in [0, 0.05) is 5.56 Å². The zero-order valence-electron chi connectivity index (χ0n) is 6.89. The molecule has 1 N–H and O–H groups in total. The van der Waals surface area contributed by atoms with Gasteiger partial charge < -0.3 is 4.98 Å². The molecule has 1 aromatic carbocycles. The van der Waals surface area contributed by atoms with E-state index in [2.05, 4.69) is 25.9 Å². The molecule has 0 saturated carbocycles. The van der Waals surface area contributed by atoms with E-state index in [4.69, 9.17) is 11.6 Å². The van der Waals surface area contributed by atoms with Gasteiger partial charge in [-0.25, -0.2) is 9.37 Å². The van der Waals surface area contributed by atoms with E-state index in [0.717, 1.165) is 11.3 Å². The Balaban J connectivity index is 2.47. The van der Waals surface area contributed by atoms with Gasteiger partial charge in [0.2, 0.25) is 0 Å². The molecule has 0 bridgehead atoms. The molecule has 0 radical (unpaired) electrons. The summed E-state index contributed by atoms with van der Waals surface area (Å²) < 4.78 is 13.5. The van der Waals surface area contributed by atoms with E-state index in [1.165, 1.54) is 6.07 Å². The highest BCUT2D eigenvalue weighted by atomic mass is 79.9. The van der Waals surface area contributed by atoms with Gasteiger partial charge in [0.05, 0.1) is 16.9 Å². The number of imidazole rings is 1. The Morgan fingerprint density at radius 3 is 2.79 bits per heavy atom. The first-order chi connectivity index (χ1) is 6.66. The Hall–Kier alpha value is -0.870. The maximum atomic E-state index is 12.9. The normalized spacial score (nSPS) is 10.5. The van der Waals surface area contributed by atoms with Crippen LogP contribution in [-0.2, 0) is 0 Å². The summed E-state index contributed by atoms with van der Waals surface area (Å²) >= 11 is 8.84. The lowest BCUT2D eigenvalue weighted by atomic mass is 10.2. The zero-order valence-corrected chi connectivity index (χ0v) is 9.23. The van der Waals surface area contributed by atoms with Crippen LogP contribution in [0.2, 0.25) is 5.02 Å². The predicted molar refractivity (Wildman–Crippen MR) is 56.7 cm³/mol. The van der Waals surface area contributed by atoms with Crippen LogP contribution in [0, 0.1) is 5.82 Å². The number of H-pyrrole nitrogens is 1. The smallest absolute Gasteiger partial charge is 0.174 e. The van der Waals surface area contributed by atoms with Crippen LogP contribution in [0.25, 0.3) is 11.3 Å². The Morgan fingerprint density at radius 1 is 1.43 bits per heavy atom. The molecule has 0 amide bonds. The van der Waals surface area contributed by atoms with E-state index < -0.39 is 5.82 Å². The van der Waals surface area contributed by atoms with Crippen LogP contribution in [0.5, 0.6) is 0 Å². The van der Waals surface area contributed by atoms with Crippen LogP contribution in [0.15, 0.2) is 29.1 Å². The molecule has 1 aromatic heterocycles. The van der Waals surface area contributed by atoms with Crippen LogP contribution in [0.3, 0.4) is 0 Å². The van der Waals surface area contributed by atoms with Crippen molar-refractivity contribution >= 4 is 27.5 Å². The van der Waals surface area contributed by atoms with Crippen molar-refractivity contribution < 1.29 is 4.39 Å². The van der Waals surface area contributed by atoms with Gasteiger partial charge in [-0.3, -0.25) is 0 Å². The fourth-order valence-electron chi connectivity index (χ4n) is 1.11. The number of aromatic nitrogens is 2. The molecule has 0 atom stereocenters. The lowest BCUT2D eigenvalue weighted by Gasteiger charge is -1.98. The van der Waals surface area contributed by atoms with Crippen LogP contribution in [0.4, 0.5) is 4.39 Å². The number of hydrogen-bond donors (Lipinski definition) is 1. The minimum absolute atomic E-state index is 0.105. The first kappa shape index (κ1) is 9.68. The van der Waals surface area contributed by atoms with Crippen LogP contribution in [-0.4, -0.2) is 9.97 Å². The zero-order chi connectivity index (χ0) is 10.1. The molecule has 0 fully saturated rings. The number of aromatic amines is 1. The highest BCUT2D eigenvalue weighted by Crippen LogP contribution is 2.24. The minimum atomic E-state index is -0.422. The van der Waals surface area contributed by atoms with Gasteiger partial charge in [0.25, 0.3) is 0 Å². The van der Waals surface area contributed by atoms with E-state index in [1.807, 2.05) is 0 Å². The highest BCUT2D eigenvalue weighted by molar-refractivity contribution is 9.10. The fourth-order valence-corrected chi connectivity index (χ4v) is 1.60. The average Bonchev–Trinajstić information content (AvgIpc) is 2.57. The van der Waals surface area contributed by atoms with Crippen molar-refractivity contribution in [1.29, 1.82) is 0 Å². The molecule has 14 heavy (non-hydrogen) atoms. The van der Waals surface area contributed by atoms with E-state index in [-0.39, 0.29) is 5.02 Å². The molecule has 2 rings (SSSR count). The van der Waals surface area contributed by atoms with Gasteiger partial charge in [-0.2, -0.15) is 0 Å². The molecule has 0 aliphatic rings. The Morgan fingerprint density at radius 2 is 2.21 bits per heavy atom. The summed E-state index contributed by atoms with van der Waals surface area (Å²) in [6.45, 7) is 0. The molecule has 0 unspecified atom stereocenters. The Kier molecular flexibility index (Phi) is 2.56. The summed E-state index contributed by atoms with van der Waals surface area (Å²) in [7, 11) is 0. The van der Waals surface area contributed by atoms with Gasteiger partial charge >= 0.3 is 0 Å². The van der Waals surface area contributed by atoms with Crippen molar-refractivity contribution in [1.82, 2.24) is 9.97 Å². The summed E-state index contributed by atoms with van der Waals surface area (Å²) in [6.07, 6.45) is 1.65. The molecular weight excluding hydrogens is 270 g/mol. The SMILES string of the molecule is Fc1ccc(-c2cnc(Br)[nH]2)cc1Cl. The van der Waals surface area contributed by atoms with Gasteiger partial charge in [0.1, 0.15) is 5.82 Å². The maximum absolute atomic E-state index is 12.9. The van der Waals surface area contributed by atoms with Gasteiger partial charge in [-0.05, 0) is 34.1 Å². The molecule has 1 heterocycles. The van der Waals surface area contributed by atoms with Gasteiger partial charge in [-0.15, -0.1) is 0 Å². The van der Waals surface area contributed by atoms with Crippen LogP contribution >= 0.6 is 27.5 Å². The van der Waals surface area contributed by atoms with E-state index in [9.17, 15) is 4.39 Å². The van der Waals surface area contributed by atoms with Gasteiger partial charge in [-0.1, -0.05) is 11.6 Å². The summed E-state index contributed by atoms with van der Waals surface area (Å²) in [5.41, 5.74) is 1.59. The second kappa shape index (κ2) is 3.71. The van der Waals surface area contributed by atoms with Crippen LogP contribution < -0.4 is 0 Å². The molecule has 0 aliphatic carbocycles. The number of halogens is 3. The Bertz CT molecular complexity index is 470. The van der Waals surface area contributed by atoms with Crippen molar-refractivity contribution in [3.63, 3.8) is 0 Å². The first-order valence-electron chi connectivity index (χ1n) is 3.83. The third kappa shape index (κ3) is 1.81. The quantitative estimate of drug-likeness (QED) is 0.846.